The van der Waals surface area contributed by atoms with Crippen molar-refractivity contribution in [1.29, 1.82) is 0 Å². The molecule has 1 aliphatic heterocycles. The predicted octanol–water partition coefficient (Wildman–Crippen LogP) is 2.51. The number of benzene rings is 1. The molecule has 154 valence electrons. The average Bonchev–Trinajstić information content (AvgIpc) is 2.93. The van der Waals surface area contributed by atoms with E-state index in [2.05, 4.69) is 5.32 Å². The summed E-state index contributed by atoms with van der Waals surface area (Å²) in [5, 5.41) is 2.76. The number of likely N-dealkylation sites (tertiary alicyclic amines) is 1. The number of carbonyl (C=O) groups excluding carboxylic acids is 4. The Morgan fingerprint density at radius 3 is 2.38 bits per heavy atom. The monoisotopic (exact) mass is 398 g/mol. The van der Waals surface area contributed by atoms with Gasteiger partial charge in [0.1, 0.15) is 0 Å². The number of hydrogen-bond acceptors (Lipinski definition) is 5. The van der Waals surface area contributed by atoms with Crippen LogP contribution in [0.2, 0.25) is 0 Å². The first-order valence-electron chi connectivity index (χ1n) is 9.85. The number of hydrogen-bond donors (Lipinski definition) is 1. The summed E-state index contributed by atoms with van der Waals surface area (Å²) < 4.78 is 5.19. The molecular formula is C22H26N2O5. The number of amides is 3. The van der Waals surface area contributed by atoms with Crippen LogP contribution in [-0.2, 0) is 23.9 Å². The van der Waals surface area contributed by atoms with Gasteiger partial charge < -0.3 is 10.1 Å². The summed E-state index contributed by atoms with van der Waals surface area (Å²) in [6.45, 7) is 5.27. The molecule has 0 saturated carbocycles. The Morgan fingerprint density at radius 2 is 1.76 bits per heavy atom. The normalized spacial score (nSPS) is 21.7. The van der Waals surface area contributed by atoms with E-state index in [0.717, 1.165) is 16.0 Å². The minimum absolute atomic E-state index is 0.0190. The maximum Gasteiger partial charge on any atom is 0.308 e. The molecule has 3 atom stereocenters. The van der Waals surface area contributed by atoms with E-state index in [1.54, 1.807) is 0 Å². The SMILES string of the molecule is Cc1ccc(C)c(NC(=O)[C@H](C)OC(=O)CCN2C(=O)[C@H]3CC=CC[C@@H]3C2=O)c1. The lowest BCUT2D eigenvalue weighted by Crippen LogP contribution is -2.35. The van der Waals surface area contributed by atoms with Gasteiger partial charge in [-0.1, -0.05) is 24.3 Å². The van der Waals surface area contributed by atoms with E-state index >= 15 is 0 Å². The second-order valence-electron chi connectivity index (χ2n) is 7.67. The first-order chi connectivity index (χ1) is 13.8. The molecule has 2 aliphatic rings. The van der Waals surface area contributed by atoms with E-state index in [-0.39, 0.29) is 36.6 Å². The Balaban J connectivity index is 1.50. The molecular weight excluding hydrogens is 372 g/mol. The van der Waals surface area contributed by atoms with Crippen LogP contribution in [0, 0.1) is 25.7 Å². The van der Waals surface area contributed by atoms with Crippen LogP contribution in [0.5, 0.6) is 0 Å². The average molecular weight is 398 g/mol. The van der Waals surface area contributed by atoms with Gasteiger partial charge in [0.2, 0.25) is 11.8 Å². The summed E-state index contributed by atoms with van der Waals surface area (Å²) in [6, 6.07) is 5.70. The number of esters is 1. The third-order valence-corrected chi connectivity index (χ3v) is 5.47. The van der Waals surface area contributed by atoms with Gasteiger partial charge in [-0.15, -0.1) is 0 Å². The topological polar surface area (TPSA) is 92.8 Å². The highest BCUT2D eigenvalue weighted by atomic mass is 16.5. The number of nitrogens with one attached hydrogen (secondary N) is 1. The first kappa shape index (κ1) is 20.8. The van der Waals surface area contributed by atoms with E-state index in [1.807, 2.05) is 44.2 Å². The van der Waals surface area contributed by atoms with Gasteiger partial charge in [-0.2, -0.15) is 0 Å². The number of ether oxygens (including phenoxy) is 1. The zero-order valence-electron chi connectivity index (χ0n) is 16.9. The van der Waals surface area contributed by atoms with Crippen LogP contribution in [-0.4, -0.2) is 41.2 Å². The van der Waals surface area contributed by atoms with E-state index in [9.17, 15) is 19.2 Å². The molecule has 7 nitrogen and oxygen atoms in total. The Bertz CT molecular complexity index is 850. The van der Waals surface area contributed by atoms with Gasteiger partial charge in [0.15, 0.2) is 6.10 Å². The van der Waals surface area contributed by atoms with Crippen molar-refractivity contribution < 1.29 is 23.9 Å². The Kier molecular flexibility index (Phi) is 6.15. The molecule has 1 heterocycles. The van der Waals surface area contributed by atoms with Crippen molar-refractivity contribution in [1.82, 2.24) is 4.90 Å². The van der Waals surface area contributed by atoms with Crippen LogP contribution in [0.1, 0.15) is 37.3 Å². The van der Waals surface area contributed by atoms with Crippen LogP contribution >= 0.6 is 0 Å². The van der Waals surface area contributed by atoms with Crippen molar-refractivity contribution in [3.05, 3.63) is 41.5 Å². The fourth-order valence-electron chi connectivity index (χ4n) is 3.71. The van der Waals surface area contributed by atoms with Gasteiger partial charge in [-0.25, -0.2) is 0 Å². The molecule has 0 bridgehead atoms. The minimum Gasteiger partial charge on any atom is -0.452 e. The summed E-state index contributed by atoms with van der Waals surface area (Å²) >= 11 is 0. The molecule has 0 spiro atoms. The van der Waals surface area contributed by atoms with Crippen molar-refractivity contribution in [3.63, 3.8) is 0 Å². The zero-order chi connectivity index (χ0) is 21.1. The number of imide groups is 1. The van der Waals surface area contributed by atoms with E-state index in [4.69, 9.17) is 4.74 Å². The predicted molar refractivity (Wildman–Crippen MR) is 107 cm³/mol. The maximum atomic E-state index is 12.4. The highest BCUT2D eigenvalue weighted by Gasteiger charge is 2.47. The van der Waals surface area contributed by atoms with Crippen molar-refractivity contribution in [2.75, 3.05) is 11.9 Å². The van der Waals surface area contributed by atoms with Crippen LogP contribution in [0.15, 0.2) is 30.4 Å². The van der Waals surface area contributed by atoms with Crippen LogP contribution in [0.3, 0.4) is 0 Å². The molecule has 1 N–H and O–H groups in total. The lowest BCUT2D eigenvalue weighted by molar-refractivity contribution is -0.154. The van der Waals surface area contributed by atoms with Gasteiger partial charge in [-0.3, -0.25) is 24.1 Å². The standard InChI is InChI=1S/C22H26N2O5/c1-13-8-9-14(2)18(12-13)23-20(26)15(3)29-19(25)10-11-24-21(27)16-6-4-5-7-17(16)22(24)28/h4-5,8-9,12,15-17H,6-7,10-11H2,1-3H3,(H,23,26)/t15-,16-,17-/m0/s1. The second kappa shape index (κ2) is 8.59. The highest BCUT2D eigenvalue weighted by molar-refractivity contribution is 6.05. The molecule has 1 aromatic carbocycles. The van der Waals surface area contributed by atoms with Gasteiger partial charge in [0.25, 0.3) is 5.91 Å². The molecule has 29 heavy (non-hydrogen) atoms. The summed E-state index contributed by atoms with van der Waals surface area (Å²) in [5.74, 6) is -2.13. The Hall–Kier alpha value is -2.96. The van der Waals surface area contributed by atoms with E-state index in [1.165, 1.54) is 6.92 Å². The minimum atomic E-state index is -0.987. The van der Waals surface area contributed by atoms with E-state index in [0.29, 0.717) is 18.5 Å². The molecule has 1 fully saturated rings. The largest absolute Gasteiger partial charge is 0.452 e. The summed E-state index contributed by atoms with van der Waals surface area (Å²) in [6.07, 6.45) is 3.84. The van der Waals surface area contributed by atoms with Crippen LogP contribution < -0.4 is 5.32 Å². The smallest absolute Gasteiger partial charge is 0.308 e. The fourth-order valence-corrected chi connectivity index (χ4v) is 3.71. The summed E-state index contributed by atoms with van der Waals surface area (Å²) in [4.78, 5) is 50.5. The Labute approximate surface area is 170 Å². The zero-order valence-corrected chi connectivity index (χ0v) is 16.9. The molecule has 0 unspecified atom stereocenters. The molecule has 0 aromatic heterocycles. The third-order valence-electron chi connectivity index (χ3n) is 5.47. The number of allylic oxidation sites excluding steroid dienone is 2. The molecule has 7 heteroatoms. The quantitative estimate of drug-likeness (QED) is 0.452. The van der Waals surface area contributed by atoms with Crippen molar-refractivity contribution in [3.8, 4) is 0 Å². The molecule has 1 aromatic rings. The summed E-state index contributed by atoms with van der Waals surface area (Å²) in [7, 11) is 0. The molecule has 3 amide bonds. The van der Waals surface area contributed by atoms with Gasteiger partial charge in [0, 0.05) is 12.2 Å². The van der Waals surface area contributed by atoms with Crippen LogP contribution in [0.25, 0.3) is 0 Å². The molecule has 0 radical (unpaired) electrons. The molecule has 1 saturated heterocycles. The lowest BCUT2D eigenvalue weighted by atomic mass is 9.85. The molecule has 3 rings (SSSR count). The molecule has 1 aliphatic carbocycles. The van der Waals surface area contributed by atoms with Crippen molar-refractivity contribution in [2.45, 2.75) is 46.1 Å². The number of nitrogens with zero attached hydrogens (tertiary/aromatic N) is 1. The maximum absolute atomic E-state index is 12.4. The summed E-state index contributed by atoms with van der Waals surface area (Å²) in [5.41, 5.74) is 2.58. The number of anilines is 1. The van der Waals surface area contributed by atoms with Crippen LogP contribution in [0.4, 0.5) is 5.69 Å². The number of fused-ring (bicyclic) bond motifs is 1. The highest BCUT2D eigenvalue weighted by Crippen LogP contribution is 2.35. The third kappa shape index (κ3) is 4.55. The van der Waals surface area contributed by atoms with Crippen molar-refractivity contribution >= 4 is 29.4 Å². The number of aryl methyl sites for hydroxylation is 2. The number of rotatable bonds is 6. The Morgan fingerprint density at radius 1 is 1.14 bits per heavy atom. The number of carbonyl (C=O) groups is 4. The van der Waals surface area contributed by atoms with Gasteiger partial charge in [0.05, 0.1) is 18.3 Å². The first-order valence-corrected chi connectivity index (χ1v) is 9.85. The van der Waals surface area contributed by atoms with Gasteiger partial charge >= 0.3 is 5.97 Å². The second-order valence-corrected chi connectivity index (χ2v) is 7.67. The lowest BCUT2D eigenvalue weighted by Gasteiger charge is -2.17. The van der Waals surface area contributed by atoms with E-state index < -0.39 is 18.0 Å². The van der Waals surface area contributed by atoms with Crippen molar-refractivity contribution in [2.24, 2.45) is 11.8 Å². The fraction of sp³-hybridized carbons (Fsp3) is 0.455. The van der Waals surface area contributed by atoms with Gasteiger partial charge in [-0.05, 0) is 50.8 Å².